The molecule has 246 valence electrons. The molecule has 0 radical (unpaired) electrons. The van der Waals surface area contributed by atoms with E-state index >= 15 is 0 Å². The maximum atomic E-state index is 13.5. The van der Waals surface area contributed by atoms with Gasteiger partial charge in [-0.15, -0.1) is 0 Å². The first-order valence-corrected chi connectivity index (χ1v) is 14.8. The van der Waals surface area contributed by atoms with Crippen molar-refractivity contribution in [2.24, 2.45) is 23.1 Å². The minimum Gasteiger partial charge on any atom is -0.508 e. The number of nitrogens with one attached hydrogen (secondary N) is 6. The number of primary amides is 1. The molecule has 0 fully saturated rings. The Morgan fingerprint density at radius 3 is 1.86 bits per heavy atom. The first-order chi connectivity index (χ1) is 20.8. The second kappa shape index (κ2) is 19.7. The number of amides is 5. The summed E-state index contributed by atoms with van der Waals surface area (Å²) < 4.78 is 0. The Hall–Kier alpha value is -4.40. The molecule has 0 spiro atoms. The van der Waals surface area contributed by atoms with Gasteiger partial charge in [-0.1, -0.05) is 45.7 Å². The highest BCUT2D eigenvalue weighted by Crippen LogP contribution is 2.13. The van der Waals surface area contributed by atoms with Crippen LogP contribution in [-0.2, 0) is 30.4 Å². The van der Waals surface area contributed by atoms with E-state index < -0.39 is 53.7 Å². The van der Waals surface area contributed by atoms with Gasteiger partial charge in [0.05, 0.1) is 6.54 Å². The minimum atomic E-state index is -1.10. The summed E-state index contributed by atoms with van der Waals surface area (Å²) in [5.74, 6) is -3.38. The van der Waals surface area contributed by atoms with Gasteiger partial charge in [0.1, 0.15) is 29.9 Å². The Bertz CT molecular complexity index is 1110. The van der Waals surface area contributed by atoms with Gasteiger partial charge in [-0.05, 0) is 49.3 Å². The molecule has 13 N–H and O–H groups in total. The molecule has 0 unspecified atom stereocenters. The van der Waals surface area contributed by atoms with E-state index in [1.54, 1.807) is 12.1 Å². The number of carbonyl (C=O) groups is 5. The van der Waals surface area contributed by atoms with Gasteiger partial charge >= 0.3 is 0 Å². The van der Waals surface area contributed by atoms with Gasteiger partial charge in [0, 0.05) is 13.0 Å². The van der Waals surface area contributed by atoms with Crippen LogP contribution in [0.25, 0.3) is 0 Å². The summed E-state index contributed by atoms with van der Waals surface area (Å²) in [6.45, 7) is 5.61. The molecule has 0 aromatic heterocycles. The van der Waals surface area contributed by atoms with Crippen molar-refractivity contribution >= 4 is 35.5 Å². The van der Waals surface area contributed by atoms with Crippen LogP contribution in [0.1, 0.15) is 64.9 Å². The van der Waals surface area contributed by atoms with Crippen molar-refractivity contribution in [3.05, 3.63) is 29.8 Å². The molecule has 44 heavy (non-hydrogen) atoms. The van der Waals surface area contributed by atoms with Crippen LogP contribution in [0.15, 0.2) is 24.3 Å². The molecule has 0 bridgehead atoms. The molecule has 15 heteroatoms. The third-order valence-electron chi connectivity index (χ3n) is 6.68. The number of unbranched alkanes of at least 4 members (excludes halogenated alkanes) is 1. The molecule has 15 nitrogen and oxygen atoms in total. The molecular weight excluding hydrogens is 570 g/mol. The van der Waals surface area contributed by atoms with E-state index in [1.807, 2.05) is 20.8 Å². The van der Waals surface area contributed by atoms with Crippen molar-refractivity contribution in [3.8, 4) is 5.75 Å². The van der Waals surface area contributed by atoms with Crippen LogP contribution in [0.3, 0.4) is 0 Å². The Morgan fingerprint density at radius 2 is 1.34 bits per heavy atom. The Balaban J connectivity index is 3.14. The summed E-state index contributed by atoms with van der Waals surface area (Å²) in [5.41, 5.74) is 17.0. The zero-order valence-corrected chi connectivity index (χ0v) is 25.8. The fraction of sp³-hybridized carbons (Fsp3) is 0.586. The fourth-order valence-corrected chi connectivity index (χ4v) is 4.34. The number of aromatic hydroxyl groups is 1. The van der Waals surface area contributed by atoms with E-state index in [0.29, 0.717) is 24.8 Å². The van der Waals surface area contributed by atoms with Gasteiger partial charge in [0.15, 0.2) is 5.96 Å². The molecule has 4 atom stereocenters. The topological polar surface area (TPSA) is 268 Å². The number of hydrogen-bond acceptors (Lipinski definition) is 8. The Kier molecular flexibility index (Phi) is 16.9. The van der Waals surface area contributed by atoms with Crippen LogP contribution in [0.4, 0.5) is 0 Å². The Labute approximate surface area is 258 Å². The second-order valence-electron chi connectivity index (χ2n) is 11.0. The lowest BCUT2D eigenvalue weighted by Gasteiger charge is -2.27. The van der Waals surface area contributed by atoms with Gasteiger partial charge in [0.2, 0.25) is 29.5 Å². The molecule has 0 aliphatic heterocycles. The normalized spacial score (nSPS) is 13.6. The zero-order chi connectivity index (χ0) is 33.2. The molecule has 0 saturated carbocycles. The first-order valence-electron chi connectivity index (χ1n) is 14.8. The van der Waals surface area contributed by atoms with Crippen molar-refractivity contribution in [1.82, 2.24) is 26.6 Å². The SMILES string of the molecule is CCCC[C@H](NC(=O)CN)C(=O)N[C@@H](CCCNC(=N)N)C(=O)N[C@@H](CC(C)C)C(=O)N[C@@H](Cc1ccc(O)cc1)C(N)=O. The van der Waals surface area contributed by atoms with Gasteiger partial charge in [-0.3, -0.25) is 29.4 Å². The number of phenols is 1. The Morgan fingerprint density at radius 1 is 0.818 bits per heavy atom. The van der Waals surface area contributed by atoms with E-state index in [9.17, 15) is 29.1 Å². The van der Waals surface area contributed by atoms with Gasteiger partial charge in [-0.2, -0.15) is 0 Å². The third kappa shape index (κ3) is 14.7. The van der Waals surface area contributed by atoms with Gasteiger partial charge in [-0.25, -0.2) is 0 Å². The summed E-state index contributed by atoms with van der Waals surface area (Å²) in [4.78, 5) is 64.3. The number of phenolic OH excluding ortho intramolecular Hbond substituents is 1. The highest BCUT2D eigenvalue weighted by Gasteiger charge is 2.31. The van der Waals surface area contributed by atoms with E-state index in [4.69, 9.17) is 22.6 Å². The van der Waals surface area contributed by atoms with Crippen molar-refractivity contribution in [2.45, 2.75) is 89.9 Å². The summed E-state index contributed by atoms with van der Waals surface area (Å²) in [5, 5.41) is 30.1. The largest absolute Gasteiger partial charge is 0.508 e. The van der Waals surface area contributed by atoms with Crippen molar-refractivity contribution < 1.29 is 29.1 Å². The van der Waals surface area contributed by atoms with Gasteiger partial charge < -0.3 is 48.9 Å². The van der Waals surface area contributed by atoms with Gasteiger partial charge in [0.25, 0.3) is 0 Å². The molecule has 0 aliphatic carbocycles. The third-order valence-corrected chi connectivity index (χ3v) is 6.68. The van der Waals surface area contributed by atoms with Crippen LogP contribution in [0, 0.1) is 11.3 Å². The number of benzene rings is 1. The monoisotopic (exact) mass is 619 g/mol. The maximum Gasteiger partial charge on any atom is 0.243 e. The number of hydrogen-bond donors (Lipinski definition) is 10. The van der Waals surface area contributed by atoms with Crippen LogP contribution in [0.2, 0.25) is 0 Å². The molecule has 1 aromatic carbocycles. The average Bonchev–Trinajstić information content (AvgIpc) is 2.96. The molecule has 0 aliphatic rings. The molecule has 0 heterocycles. The average molecular weight is 620 g/mol. The summed E-state index contributed by atoms with van der Waals surface area (Å²) in [6, 6.07) is 1.94. The summed E-state index contributed by atoms with van der Waals surface area (Å²) >= 11 is 0. The second-order valence-corrected chi connectivity index (χ2v) is 11.0. The molecular formula is C29H49N9O6. The molecule has 1 rings (SSSR count). The van der Waals surface area contributed by atoms with E-state index in [2.05, 4.69) is 26.6 Å². The summed E-state index contributed by atoms with van der Waals surface area (Å²) in [7, 11) is 0. The lowest BCUT2D eigenvalue weighted by atomic mass is 10.00. The molecule has 5 amide bonds. The highest BCUT2D eigenvalue weighted by atomic mass is 16.3. The molecule has 1 aromatic rings. The lowest BCUT2D eigenvalue weighted by molar-refractivity contribution is -0.134. The van der Waals surface area contributed by atoms with E-state index in [1.165, 1.54) is 12.1 Å². The van der Waals surface area contributed by atoms with E-state index in [-0.39, 0.29) is 50.0 Å². The van der Waals surface area contributed by atoms with Crippen LogP contribution in [0.5, 0.6) is 5.75 Å². The van der Waals surface area contributed by atoms with Crippen LogP contribution in [-0.4, -0.2) is 77.9 Å². The summed E-state index contributed by atoms with van der Waals surface area (Å²) in [6.07, 6.45) is 2.51. The smallest absolute Gasteiger partial charge is 0.243 e. The van der Waals surface area contributed by atoms with Crippen LogP contribution < -0.4 is 43.8 Å². The van der Waals surface area contributed by atoms with E-state index in [0.717, 1.165) is 6.42 Å². The highest BCUT2D eigenvalue weighted by molar-refractivity contribution is 5.95. The standard InChI is InChI=1S/C29H49N9O6/c1-4-5-7-20(35-24(40)16-30)26(42)36-21(8-6-13-34-29(32)33)27(43)38-23(14-17(2)3)28(44)37-22(25(31)41)15-18-9-11-19(39)12-10-18/h9-12,17,20-23,39H,4-8,13-16,30H2,1-3H3,(H2,31,41)(H,35,40)(H,36,42)(H,37,44)(H,38,43)(H4,32,33,34)/t20-,21-,22-,23-/m0/s1. The zero-order valence-electron chi connectivity index (χ0n) is 25.8. The number of carbonyl (C=O) groups excluding carboxylic acids is 5. The number of nitrogens with two attached hydrogens (primary N) is 3. The van der Waals surface area contributed by atoms with Crippen molar-refractivity contribution in [3.63, 3.8) is 0 Å². The number of rotatable bonds is 20. The van der Waals surface area contributed by atoms with Crippen molar-refractivity contribution in [2.75, 3.05) is 13.1 Å². The van der Waals surface area contributed by atoms with Crippen LogP contribution >= 0.6 is 0 Å². The van der Waals surface area contributed by atoms with Crippen molar-refractivity contribution in [1.29, 1.82) is 5.41 Å². The quantitative estimate of drug-likeness (QED) is 0.0477. The lowest BCUT2D eigenvalue weighted by Crippen LogP contribution is -2.58. The predicted octanol–water partition coefficient (Wildman–Crippen LogP) is -1.18. The predicted molar refractivity (Wildman–Crippen MR) is 166 cm³/mol. The fourth-order valence-electron chi connectivity index (χ4n) is 4.34. The number of guanidine groups is 1. The molecule has 0 saturated heterocycles. The minimum absolute atomic E-state index is 0.0344. The first kappa shape index (κ1) is 37.6. The maximum absolute atomic E-state index is 13.5.